The van der Waals surface area contributed by atoms with E-state index < -0.39 is 0 Å². The van der Waals surface area contributed by atoms with Crippen molar-refractivity contribution in [1.82, 2.24) is 19.9 Å². The molecule has 3 aromatic rings. The number of aromatic amines is 1. The monoisotopic (exact) mass is 357 g/mol. The molecule has 0 radical (unpaired) electrons. The fourth-order valence-electron chi connectivity index (χ4n) is 3.17. The topological polar surface area (TPSA) is 66.1 Å². The van der Waals surface area contributed by atoms with Gasteiger partial charge in [0.15, 0.2) is 0 Å². The summed E-state index contributed by atoms with van der Waals surface area (Å²) in [6.07, 6.45) is 3.68. The first-order chi connectivity index (χ1) is 12.3. The van der Waals surface area contributed by atoms with Crippen molar-refractivity contribution >= 4 is 28.5 Å². The van der Waals surface area contributed by atoms with Crippen molar-refractivity contribution in [2.75, 3.05) is 38.2 Å². The number of fused-ring (bicyclic) bond motifs is 1. The fraction of sp³-hybridized carbons (Fsp3) is 0.333. The van der Waals surface area contributed by atoms with E-state index in [1.54, 1.807) is 0 Å². The lowest BCUT2D eigenvalue weighted by Gasteiger charge is -2.34. The van der Waals surface area contributed by atoms with Crippen LogP contribution < -0.4 is 5.32 Å². The number of H-pyrrole nitrogens is 1. The number of halogens is 1. The standard InChI is InChI=1S/C18H20ClN5O/c19-14-11-17(23-18-13(14)4-6-21-18)22-12-16(15-3-1-2-5-20-15)24-7-9-25-10-8-24/h1-6,11,16H,7-10,12H2,(H2,21,22,23). The van der Waals surface area contributed by atoms with Crippen molar-refractivity contribution in [1.29, 1.82) is 0 Å². The zero-order valence-electron chi connectivity index (χ0n) is 13.8. The first kappa shape index (κ1) is 16.3. The van der Waals surface area contributed by atoms with Crippen LogP contribution in [-0.4, -0.2) is 52.7 Å². The molecule has 0 aromatic carbocycles. The van der Waals surface area contributed by atoms with Crippen LogP contribution in [0.25, 0.3) is 11.0 Å². The molecule has 0 spiro atoms. The molecule has 130 valence electrons. The third-order valence-corrected chi connectivity index (χ3v) is 4.78. The molecule has 0 saturated carbocycles. The molecule has 0 aliphatic carbocycles. The van der Waals surface area contributed by atoms with E-state index in [1.165, 1.54) is 0 Å². The van der Waals surface area contributed by atoms with E-state index in [0.29, 0.717) is 11.6 Å². The van der Waals surface area contributed by atoms with Crippen LogP contribution in [0.2, 0.25) is 5.02 Å². The van der Waals surface area contributed by atoms with Crippen LogP contribution >= 0.6 is 11.6 Å². The number of rotatable bonds is 5. The largest absolute Gasteiger partial charge is 0.379 e. The molecule has 3 aromatic heterocycles. The Morgan fingerprint density at radius 2 is 2.16 bits per heavy atom. The number of morpholine rings is 1. The molecule has 1 aliphatic heterocycles. The predicted molar refractivity (Wildman–Crippen MR) is 99.0 cm³/mol. The molecule has 4 heterocycles. The van der Waals surface area contributed by atoms with Gasteiger partial charge < -0.3 is 15.0 Å². The fourth-order valence-corrected chi connectivity index (χ4v) is 3.43. The lowest BCUT2D eigenvalue weighted by atomic mass is 10.1. The molecule has 1 aliphatic rings. The number of hydrogen-bond donors (Lipinski definition) is 2. The van der Waals surface area contributed by atoms with Crippen molar-refractivity contribution < 1.29 is 4.74 Å². The van der Waals surface area contributed by atoms with Gasteiger partial charge in [0.25, 0.3) is 0 Å². The van der Waals surface area contributed by atoms with Gasteiger partial charge >= 0.3 is 0 Å². The van der Waals surface area contributed by atoms with Gasteiger partial charge in [-0.25, -0.2) is 4.98 Å². The summed E-state index contributed by atoms with van der Waals surface area (Å²) < 4.78 is 5.49. The minimum absolute atomic E-state index is 0.157. The van der Waals surface area contributed by atoms with Crippen LogP contribution in [-0.2, 0) is 4.74 Å². The lowest BCUT2D eigenvalue weighted by Crippen LogP contribution is -2.41. The SMILES string of the molecule is Clc1cc(NCC(c2ccccn2)N2CCOCC2)nc2[nH]ccc12. The van der Waals surface area contributed by atoms with Gasteiger partial charge in [0.05, 0.1) is 30.0 Å². The number of hydrogen-bond acceptors (Lipinski definition) is 5. The van der Waals surface area contributed by atoms with Gasteiger partial charge in [-0.1, -0.05) is 17.7 Å². The number of nitrogens with one attached hydrogen (secondary N) is 2. The molecule has 0 bridgehead atoms. The summed E-state index contributed by atoms with van der Waals surface area (Å²) in [6.45, 7) is 4.00. The van der Waals surface area contributed by atoms with Crippen molar-refractivity contribution in [3.05, 3.63) is 53.4 Å². The molecule has 6 nitrogen and oxygen atoms in total. The molecule has 1 saturated heterocycles. The van der Waals surface area contributed by atoms with E-state index in [4.69, 9.17) is 16.3 Å². The van der Waals surface area contributed by atoms with Crippen LogP contribution in [0.15, 0.2) is 42.7 Å². The van der Waals surface area contributed by atoms with Crippen molar-refractivity contribution in [2.24, 2.45) is 0 Å². The average molecular weight is 358 g/mol. The van der Waals surface area contributed by atoms with Crippen LogP contribution in [0.3, 0.4) is 0 Å². The van der Waals surface area contributed by atoms with Crippen molar-refractivity contribution in [3.8, 4) is 0 Å². The first-order valence-electron chi connectivity index (χ1n) is 8.41. The highest BCUT2D eigenvalue weighted by atomic mass is 35.5. The maximum absolute atomic E-state index is 6.35. The second-order valence-corrected chi connectivity index (χ2v) is 6.44. The minimum Gasteiger partial charge on any atom is -0.379 e. The van der Waals surface area contributed by atoms with Gasteiger partial charge in [0.2, 0.25) is 0 Å². The van der Waals surface area contributed by atoms with Gasteiger partial charge in [0, 0.05) is 37.4 Å². The van der Waals surface area contributed by atoms with Crippen LogP contribution in [0, 0.1) is 0 Å². The van der Waals surface area contributed by atoms with Crippen LogP contribution in [0.1, 0.15) is 11.7 Å². The molecule has 7 heteroatoms. The average Bonchev–Trinajstić information content (AvgIpc) is 3.13. The molecule has 0 amide bonds. The molecule has 1 unspecified atom stereocenters. The zero-order valence-corrected chi connectivity index (χ0v) is 14.5. The second-order valence-electron chi connectivity index (χ2n) is 6.03. The quantitative estimate of drug-likeness (QED) is 0.734. The minimum atomic E-state index is 0.157. The van der Waals surface area contributed by atoms with Crippen molar-refractivity contribution in [2.45, 2.75) is 6.04 Å². The van der Waals surface area contributed by atoms with Gasteiger partial charge in [-0.3, -0.25) is 9.88 Å². The highest BCUT2D eigenvalue weighted by molar-refractivity contribution is 6.35. The maximum Gasteiger partial charge on any atom is 0.141 e. The molecule has 1 atom stereocenters. The van der Waals surface area contributed by atoms with E-state index in [1.807, 2.05) is 36.7 Å². The summed E-state index contributed by atoms with van der Waals surface area (Å²) in [5.74, 6) is 0.758. The van der Waals surface area contributed by atoms with E-state index in [2.05, 4.69) is 31.2 Å². The molecule has 4 rings (SSSR count). The summed E-state index contributed by atoms with van der Waals surface area (Å²) in [5.41, 5.74) is 1.83. The first-order valence-corrected chi connectivity index (χ1v) is 8.79. The zero-order chi connectivity index (χ0) is 17.1. The number of pyridine rings is 2. The molecule has 1 fully saturated rings. The van der Waals surface area contributed by atoms with Crippen LogP contribution in [0.5, 0.6) is 0 Å². The number of anilines is 1. The third kappa shape index (κ3) is 3.61. The Morgan fingerprint density at radius 1 is 1.28 bits per heavy atom. The summed E-state index contributed by atoms with van der Waals surface area (Å²) in [5, 5.41) is 5.05. The summed E-state index contributed by atoms with van der Waals surface area (Å²) in [7, 11) is 0. The van der Waals surface area contributed by atoms with Crippen molar-refractivity contribution in [3.63, 3.8) is 0 Å². The predicted octanol–water partition coefficient (Wildman–Crippen LogP) is 3.10. The molecule has 2 N–H and O–H groups in total. The van der Waals surface area contributed by atoms with E-state index in [9.17, 15) is 0 Å². The Labute approximate surface area is 151 Å². The maximum atomic E-state index is 6.35. The third-order valence-electron chi connectivity index (χ3n) is 4.47. The summed E-state index contributed by atoms with van der Waals surface area (Å²) in [6, 6.07) is 9.98. The second kappa shape index (κ2) is 7.39. The number of nitrogens with zero attached hydrogens (tertiary/aromatic N) is 3. The van der Waals surface area contributed by atoms with Crippen LogP contribution in [0.4, 0.5) is 5.82 Å². The Bertz CT molecular complexity index is 832. The Morgan fingerprint density at radius 3 is 2.96 bits per heavy atom. The highest BCUT2D eigenvalue weighted by Gasteiger charge is 2.23. The number of ether oxygens (including phenoxy) is 1. The van der Waals surface area contributed by atoms with Gasteiger partial charge in [-0.15, -0.1) is 0 Å². The van der Waals surface area contributed by atoms with Gasteiger partial charge in [-0.2, -0.15) is 0 Å². The molecular weight excluding hydrogens is 338 g/mol. The lowest BCUT2D eigenvalue weighted by molar-refractivity contribution is 0.0179. The molecule has 25 heavy (non-hydrogen) atoms. The summed E-state index contributed by atoms with van der Waals surface area (Å²) >= 11 is 6.35. The smallest absolute Gasteiger partial charge is 0.141 e. The normalized spacial score (nSPS) is 16.8. The Kier molecular flexibility index (Phi) is 4.83. The number of aromatic nitrogens is 3. The van der Waals surface area contributed by atoms with Gasteiger partial charge in [0.1, 0.15) is 11.5 Å². The Balaban J connectivity index is 1.55. The molecular formula is C18H20ClN5O. The van der Waals surface area contributed by atoms with E-state index in [-0.39, 0.29) is 6.04 Å². The van der Waals surface area contributed by atoms with Gasteiger partial charge in [-0.05, 0) is 24.3 Å². The van der Waals surface area contributed by atoms with E-state index in [0.717, 1.165) is 48.8 Å². The Hall–Kier alpha value is -2.15. The highest BCUT2D eigenvalue weighted by Crippen LogP contribution is 2.26. The summed E-state index contributed by atoms with van der Waals surface area (Å²) in [4.78, 5) is 14.6. The van der Waals surface area contributed by atoms with E-state index >= 15 is 0 Å².